The molecule has 0 bridgehead atoms. The molecule has 3 N–H and O–H groups in total. The third-order valence-corrected chi connectivity index (χ3v) is 2.35. The summed E-state index contributed by atoms with van der Waals surface area (Å²) in [6.07, 6.45) is 5.85. The minimum Gasteiger partial charge on any atom is -0.350 e. The second kappa shape index (κ2) is 3.92. The molecule has 0 aromatic heterocycles. The summed E-state index contributed by atoms with van der Waals surface area (Å²) >= 11 is 0. The lowest BCUT2D eigenvalue weighted by molar-refractivity contribution is -0.126. The molecule has 0 aromatic carbocycles. The largest absolute Gasteiger partial charge is 0.350 e. The van der Waals surface area contributed by atoms with Gasteiger partial charge in [0.1, 0.15) is 0 Å². The van der Waals surface area contributed by atoms with Crippen molar-refractivity contribution in [1.82, 2.24) is 5.32 Å². The average molecular weight is 182 g/mol. The number of amides is 1. The van der Waals surface area contributed by atoms with Gasteiger partial charge in [-0.2, -0.15) is 0 Å². The van der Waals surface area contributed by atoms with E-state index in [1.807, 2.05) is 13.8 Å². The van der Waals surface area contributed by atoms with Crippen molar-refractivity contribution in [3.8, 4) is 0 Å². The number of carbonyl (C=O) groups excluding carboxylic acids is 1. The Morgan fingerprint density at radius 1 is 1.54 bits per heavy atom. The zero-order chi connectivity index (χ0) is 9.90. The van der Waals surface area contributed by atoms with Crippen LogP contribution in [0.15, 0.2) is 12.2 Å². The van der Waals surface area contributed by atoms with Crippen molar-refractivity contribution in [2.45, 2.75) is 32.2 Å². The predicted octanol–water partition coefficient (Wildman–Crippen LogP) is 0.806. The standard InChI is InChI=1S/C10H18N2O/c1-10(2,7-11)12-9(13)8-5-3-4-6-8/h3-4,8H,5-7,11H2,1-2H3,(H,12,13). The molecule has 1 rings (SSSR count). The highest BCUT2D eigenvalue weighted by Crippen LogP contribution is 2.18. The summed E-state index contributed by atoms with van der Waals surface area (Å²) in [6, 6.07) is 0. The average Bonchev–Trinajstić information content (AvgIpc) is 2.55. The van der Waals surface area contributed by atoms with Gasteiger partial charge in [0, 0.05) is 18.0 Å². The van der Waals surface area contributed by atoms with Crippen molar-refractivity contribution in [3.63, 3.8) is 0 Å². The van der Waals surface area contributed by atoms with Crippen LogP contribution in [0.4, 0.5) is 0 Å². The number of nitrogens with two attached hydrogens (primary N) is 1. The zero-order valence-corrected chi connectivity index (χ0v) is 8.34. The fraction of sp³-hybridized carbons (Fsp3) is 0.700. The van der Waals surface area contributed by atoms with E-state index in [9.17, 15) is 4.79 Å². The van der Waals surface area contributed by atoms with Crippen LogP contribution >= 0.6 is 0 Å². The molecule has 13 heavy (non-hydrogen) atoms. The van der Waals surface area contributed by atoms with Crippen LogP contribution < -0.4 is 11.1 Å². The Hall–Kier alpha value is -0.830. The summed E-state index contributed by atoms with van der Waals surface area (Å²) in [5.41, 5.74) is 5.24. The molecule has 0 aromatic rings. The first-order valence-electron chi connectivity index (χ1n) is 4.72. The van der Waals surface area contributed by atoms with Gasteiger partial charge in [-0.3, -0.25) is 4.79 Å². The topological polar surface area (TPSA) is 55.1 Å². The molecule has 0 atom stereocenters. The van der Waals surface area contributed by atoms with Gasteiger partial charge in [-0.15, -0.1) is 0 Å². The molecule has 74 valence electrons. The van der Waals surface area contributed by atoms with Gasteiger partial charge >= 0.3 is 0 Å². The summed E-state index contributed by atoms with van der Waals surface area (Å²) in [5, 5.41) is 2.94. The fourth-order valence-corrected chi connectivity index (χ4v) is 1.32. The van der Waals surface area contributed by atoms with Gasteiger partial charge in [-0.1, -0.05) is 12.2 Å². The van der Waals surface area contributed by atoms with E-state index in [4.69, 9.17) is 5.73 Å². The quantitative estimate of drug-likeness (QED) is 0.634. The highest BCUT2D eigenvalue weighted by Gasteiger charge is 2.24. The fourth-order valence-electron chi connectivity index (χ4n) is 1.32. The molecule has 0 spiro atoms. The molecule has 0 saturated heterocycles. The van der Waals surface area contributed by atoms with E-state index in [-0.39, 0.29) is 17.4 Å². The molecule has 0 fully saturated rings. The van der Waals surface area contributed by atoms with Crippen molar-refractivity contribution >= 4 is 5.91 Å². The van der Waals surface area contributed by atoms with Crippen LogP contribution in [0.3, 0.4) is 0 Å². The molecule has 3 nitrogen and oxygen atoms in total. The Bertz CT molecular complexity index is 213. The molecule has 1 amide bonds. The Kier molecular flexibility index (Phi) is 3.09. The van der Waals surface area contributed by atoms with E-state index in [0.717, 1.165) is 12.8 Å². The lowest BCUT2D eigenvalue weighted by atomic mass is 10.0. The van der Waals surface area contributed by atoms with Crippen molar-refractivity contribution in [1.29, 1.82) is 0 Å². The van der Waals surface area contributed by atoms with Gasteiger partial charge in [0.25, 0.3) is 0 Å². The first-order valence-corrected chi connectivity index (χ1v) is 4.72. The number of hydrogen-bond acceptors (Lipinski definition) is 2. The summed E-state index contributed by atoms with van der Waals surface area (Å²) in [4.78, 5) is 11.6. The predicted molar refractivity (Wildman–Crippen MR) is 53.1 cm³/mol. The Balaban J connectivity index is 2.41. The third kappa shape index (κ3) is 2.84. The first-order chi connectivity index (χ1) is 6.05. The van der Waals surface area contributed by atoms with Crippen molar-refractivity contribution in [2.24, 2.45) is 11.7 Å². The number of nitrogens with one attached hydrogen (secondary N) is 1. The van der Waals surface area contributed by atoms with Crippen LogP contribution in [0.2, 0.25) is 0 Å². The van der Waals surface area contributed by atoms with E-state index in [1.54, 1.807) is 0 Å². The molecular weight excluding hydrogens is 164 g/mol. The number of carbonyl (C=O) groups is 1. The molecule has 0 aliphatic heterocycles. The van der Waals surface area contributed by atoms with Crippen LogP contribution in [0.5, 0.6) is 0 Å². The third-order valence-electron chi connectivity index (χ3n) is 2.35. The minimum absolute atomic E-state index is 0.125. The molecule has 0 unspecified atom stereocenters. The molecule has 0 radical (unpaired) electrons. The van der Waals surface area contributed by atoms with E-state index >= 15 is 0 Å². The van der Waals surface area contributed by atoms with Crippen LogP contribution in [-0.2, 0) is 4.79 Å². The maximum atomic E-state index is 11.6. The smallest absolute Gasteiger partial charge is 0.224 e. The Labute approximate surface area is 79.4 Å². The van der Waals surface area contributed by atoms with Crippen molar-refractivity contribution < 1.29 is 4.79 Å². The number of allylic oxidation sites excluding steroid dienone is 2. The van der Waals surface area contributed by atoms with E-state index in [2.05, 4.69) is 17.5 Å². The highest BCUT2D eigenvalue weighted by molar-refractivity contribution is 5.80. The second-order valence-electron chi connectivity index (χ2n) is 4.22. The molecule has 1 aliphatic rings. The van der Waals surface area contributed by atoms with Crippen molar-refractivity contribution in [2.75, 3.05) is 6.54 Å². The van der Waals surface area contributed by atoms with Gasteiger partial charge in [0.2, 0.25) is 5.91 Å². The second-order valence-corrected chi connectivity index (χ2v) is 4.22. The Morgan fingerprint density at radius 2 is 2.08 bits per heavy atom. The van der Waals surface area contributed by atoms with Crippen molar-refractivity contribution in [3.05, 3.63) is 12.2 Å². The maximum Gasteiger partial charge on any atom is 0.224 e. The zero-order valence-electron chi connectivity index (χ0n) is 8.34. The lowest BCUT2D eigenvalue weighted by Gasteiger charge is -2.26. The maximum absolute atomic E-state index is 11.6. The van der Waals surface area contributed by atoms with E-state index in [0.29, 0.717) is 6.54 Å². The summed E-state index contributed by atoms with van der Waals surface area (Å²) in [6.45, 7) is 4.35. The number of hydrogen-bond donors (Lipinski definition) is 2. The Morgan fingerprint density at radius 3 is 2.54 bits per heavy atom. The van der Waals surface area contributed by atoms with Crippen LogP contribution in [-0.4, -0.2) is 18.0 Å². The van der Waals surface area contributed by atoms with Gasteiger partial charge in [-0.05, 0) is 26.7 Å². The van der Waals surface area contributed by atoms with Crippen LogP contribution in [0, 0.1) is 5.92 Å². The van der Waals surface area contributed by atoms with Crippen LogP contribution in [0.1, 0.15) is 26.7 Å². The van der Waals surface area contributed by atoms with Gasteiger partial charge < -0.3 is 11.1 Å². The SMILES string of the molecule is CC(C)(CN)NC(=O)C1CC=CC1. The number of rotatable bonds is 3. The molecule has 0 heterocycles. The minimum atomic E-state index is -0.278. The monoisotopic (exact) mass is 182 g/mol. The first kappa shape index (κ1) is 10.3. The van der Waals surface area contributed by atoms with Gasteiger partial charge in [0.15, 0.2) is 0 Å². The van der Waals surface area contributed by atoms with Gasteiger partial charge in [0.05, 0.1) is 0 Å². The van der Waals surface area contributed by atoms with Gasteiger partial charge in [-0.25, -0.2) is 0 Å². The molecule has 3 heteroatoms. The normalized spacial score (nSPS) is 17.8. The summed E-state index contributed by atoms with van der Waals surface area (Å²) in [7, 11) is 0. The molecule has 0 saturated carbocycles. The lowest BCUT2D eigenvalue weighted by Crippen LogP contribution is -2.50. The summed E-state index contributed by atoms with van der Waals surface area (Å²) in [5.74, 6) is 0.256. The molecule has 1 aliphatic carbocycles. The highest BCUT2D eigenvalue weighted by atomic mass is 16.2. The van der Waals surface area contributed by atoms with E-state index < -0.39 is 0 Å². The van der Waals surface area contributed by atoms with Crippen LogP contribution in [0.25, 0.3) is 0 Å². The molecular formula is C10H18N2O. The van der Waals surface area contributed by atoms with E-state index in [1.165, 1.54) is 0 Å². The summed E-state index contributed by atoms with van der Waals surface area (Å²) < 4.78 is 0.